The zero-order valence-corrected chi connectivity index (χ0v) is 16.5. The van der Waals surface area contributed by atoms with Crippen LogP contribution in [-0.4, -0.2) is 18.4 Å². The summed E-state index contributed by atoms with van der Waals surface area (Å²) >= 11 is 0. The molecule has 0 radical (unpaired) electrons. The molecule has 0 bridgehead atoms. The van der Waals surface area contributed by atoms with Crippen molar-refractivity contribution in [3.63, 3.8) is 0 Å². The summed E-state index contributed by atoms with van der Waals surface area (Å²) in [6.07, 6.45) is 1.93. The molecule has 1 aliphatic heterocycles. The van der Waals surface area contributed by atoms with E-state index in [1.165, 1.54) is 5.56 Å². The minimum Gasteiger partial charge on any atom is -0.348 e. The van der Waals surface area contributed by atoms with Gasteiger partial charge < -0.3 is 10.2 Å². The molecule has 0 fully saturated rings. The molecule has 1 N–H and O–H groups in total. The lowest BCUT2D eigenvalue weighted by Gasteiger charge is -2.29. The van der Waals surface area contributed by atoms with Gasteiger partial charge in [0.2, 0.25) is 0 Å². The summed E-state index contributed by atoms with van der Waals surface area (Å²) in [5.41, 5.74) is 5.41. The van der Waals surface area contributed by atoms with Crippen LogP contribution in [-0.2, 0) is 13.0 Å². The Hall–Kier alpha value is -3.40. The predicted molar refractivity (Wildman–Crippen MR) is 115 cm³/mol. The number of carbonyl (C=O) groups is 2. The smallest absolute Gasteiger partial charge is 0.258 e. The van der Waals surface area contributed by atoms with Gasteiger partial charge in [-0.1, -0.05) is 48.5 Å². The van der Waals surface area contributed by atoms with E-state index in [4.69, 9.17) is 0 Å². The van der Waals surface area contributed by atoms with Crippen molar-refractivity contribution in [2.45, 2.75) is 26.3 Å². The van der Waals surface area contributed by atoms with Crippen molar-refractivity contribution in [1.29, 1.82) is 0 Å². The number of nitrogens with zero attached hydrogens (tertiary/aromatic N) is 1. The Balaban J connectivity index is 1.51. The van der Waals surface area contributed by atoms with Crippen LogP contribution < -0.4 is 10.2 Å². The Kier molecular flexibility index (Phi) is 5.43. The number of aryl methyl sites for hydroxylation is 2. The molecule has 0 unspecified atom stereocenters. The Morgan fingerprint density at radius 1 is 0.931 bits per heavy atom. The van der Waals surface area contributed by atoms with E-state index in [-0.39, 0.29) is 11.8 Å². The number of amides is 2. The van der Waals surface area contributed by atoms with Crippen molar-refractivity contribution in [2.75, 3.05) is 11.4 Å². The lowest BCUT2D eigenvalue weighted by molar-refractivity contribution is 0.0951. The highest BCUT2D eigenvalue weighted by Crippen LogP contribution is 2.28. The van der Waals surface area contributed by atoms with E-state index in [0.717, 1.165) is 29.7 Å². The van der Waals surface area contributed by atoms with Gasteiger partial charge in [0.05, 0.1) is 0 Å². The van der Waals surface area contributed by atoms with Crippen LogP contribution in [0.3, 0.4) is 0 Å². The maximum absolute atomic E-state index is 13.2. The summed E-state index contributed by atoms with van der Waals surface area (Å²) in [5.74, 6) is -0.243. The fraction of sp³-hybridized carbons (Fsp3) is 0.200. The van der Waals surface area contributed by atoms with Crippen LogP contribution in [0.1, 0.15) is 43.8 Å². The Bertz CT molecular complexity index is 1060. The molecule has 0 aliphatic carbocycles. The minimum atomic E-state index is -0.179. The zero-order valence-electron chi connectivity index (χ0n) is 16.5. The number of hydrogen-bond donors (Lipinski definition) is 1. The molecular weight excluding hydrogens is 360 g/mol. The average Bonchev–Trinajstić information content (AvgIpc) is 2.77. The number of benzene rings is 3. The van der Waals surface area contributed by atoms with Gasteiger partial charge in [-0.05, 0) is 60.7 Å². The maximum Gasteiger partial charge on any atom is 0.258 e. The second-order valence-corrected chi connectivity index (χ2v) is 7.38. The number of rotatable bonds is 4. The molecule has 3 aromatic rings. The molecule has 3 aromatic carbocycles. The SMILES string of the molecule is Cc1ccccc1CNC(=O)c1cccc(C(=O)N2CCCc3ccccc32)c1. The molecule has 0 spiro atoms. The highest BCUT2D eigenvalue weighted by molar-refractivity contribution is 6.08. The lowest BCUT2D eigenvalue weighted by Crippen LogP contribution is -2.35. The zero-order chi connectivity index (χ0) is 20.2. The summed E-state index contributed by atoms with van der Waals surface area (Å²) in [5, 5.41) is 2.95. The van der Waals surface area contributed by atoms with Crippen molar-refractivity contribution in [1.82, 2.24) is 5.32 Å². The molecule has 1 aliphatic rings. The Labute approximate surface area is 171 Å². The molecule has 146 valence electrons. The van der Waals surface area contributed by atoms with Gasteiger partial charge in [-0.25, -0.2) is 0 Å². The fourth-order valence-corrected chi connectivity index (χ4v) is 3.78. The van der Waals surface area contributed by atoms with Gasteiger partial charge in [-0.15, -0.1) is 0 Å². The van der Waals surface area contributed by atoms with Crippen LogP contribution in [0.4, 0.5) is 5.69 Å². The predicted octanol–water partition coefficient (Wildman–Crippen LogP) is 4.52. The van der Waals surface area contributed by atoms with Gasteiger partial charge in [-0.3, -0.25) is 9.59 Å². The van der Waals surface area contributed by atoms with Crippen LogP contribution in [0.25, 0.3) is 0 Å². The first kappa shape index (κ1) is 18.9. The third-order valence-electron chi connectivity index (χ3n) is 5.43. The minimum absolute atomic E-state index is 0.0642. The highest BCUT2D eigenvalue weighted by atomic mass is 16.2. The van der Waals surface area contributed by atoms with Crippen molar-refractivity contribution in [3.05, 3.63) is 101 Å². The van der Waals surface area contributed by atoms with Crippen LogP contribution >= 0.6 is 0 Å². The molecule has 4 rings (SSSR count). The van der Waals surface area contributed by atoms with Crippen molar-refractivity contribution in [2.24, 2.45) is 0 Å². The molecule has 0 atom stereocenters. The van der Waals surface area contributed by atoms with Crippen molar-refractivity contribution < 1.29 is 9.59 Å². The molecular formula is C25H24N2O2. The summed E-state index contributed by atoms with van der Waals surface area (Å²) < 4.78 is 0. The van der Waals surface area contributed by atoms with E-state index >= 15 is 0 Å². The topological polar surface area (TPSA) is 49.4 Å². The number of anilines is 1. The Morgan fingerprint density at radius 2 is 1.69 bits per heavy atom. The van der Waals surface area contributed by atoms with Gasteiger partial charge >= 0.3 is 0 Å². The van der Waals surface area contributed by atoms with E-state index in [0.29, 0.717) is 24.2 Å². The number of hydrogen-bond acceptors (Lipinski definition) is 2. The van der Waals surface area contributed by atoms with Crippen LogP contribution in [0.15, 0.2) is 72.8 Å². The van der Waals surface area contributed by atoms with Crippen LogP contribution in [0.5, 0.6) is 0 Å². The monoisotopic (exact) mass is 384 g/mol. The molecule has 29 heavy (non-hydrogen) atoms. The largest absolute Gasteiger partial charge is 0.348 e. The summed E-state index contributed by atoms with van der Waals surface area (Å²) in [6, 6.07) is 23.0. The number of para-hydroxylation sites is 1. The second kappa shape index (κ2) is 8.31. The molecule has 2 amide bonds. The lowest BCUT2D eigenvalue weighted by atomic mass is 10.0. The Morgan fingerprint density at radius 3 is 2.55 bits per heavy atom. The average molecular weight is 384 g/mol. The number of nitrogens with one attached hydrogen (secondary N) is 1. The standard InChI is InChI=1S/C25H24N2O2/c1-18-8-2-3-10-22(18)17-26-24(28)20-11-6-12-21(16-20)25(29)27-15-7-13-19-9-4-5-14-23(19)27/h2-6,8-12,14,16H,7,13,15,17H2,1H3,(H,26,28). The first-order valence-electron chi connectivity index (χ1n) is 9.96. The van der Waals surface area contributed by atoms with E-state index in [1.54, 1.807) is 24.3 Å². The first-order chi connectivity index (χ1) is 14.1. The van der Waals surface area contributed by atoms with E-state index in [2.05, 4.69) is 11.4 Å². The van der Waals surface area contributed by atoms with E-state index < -0.39 is 0 Å². The maximum atomic E-state index is 13.2. The molecule has 0 saturated carbocycles. The quantitative estimate of drug-likeness (QED) is 0.719. The first-order valence-corrected chi connectivity index (χ1v) is 9.96. The molecule has 0 saturated heterocycles. The highest BCUT2D eigenvalue weighted by Gasteiger charge is 2.23. The number of carbonyl (C=O) groups excluding carboxylic acids is 2. The molecule has 4 nitrogen and oxygen atoms in total. The fourth-order valence-electron chi connectivity index (χ4n) is 3.78. The number of fused-ring (bicyclic) bond motifs is 1. The summed E-state index contributed by atoms with van der Waals surface area (Å²) in [7, 11) is 0. The third-order valence-corrected chi connectivity index (χ3v) is 5.43. The van der Waals surface area contributed by atoms with E-state index in [1.807, 2.05) is 54.3 Å². The van der Waals surface area contributed by atoms with Gasteiger partial charge in [0, 0.05) is 29.9 Å². The molecule has 4 heteroatoms. The molecule has 0 aromatic heterocycles. The second-order valence-electron chi connectivity index (χ2n) is 7.38. The van der Waals surface area contributed by atoms with Gasteiger partial charge in [0.25, 0.3) is 11.8 Å². The normalized spacial score (nSPS) is 12.9. The van der Waals surface area contributed by atoms with Crippen LogP contribution in [0.2, 0.25) is 0 Å². The summed E-state index contributed by atoms with van der Waals surface area (Å²) in [4.78, 5) is 27.6. The van der Waals surface area contributed by atoms with Crippen LogP contribution in [0, 0.1) is 6.92 Å². The van der Waals surface area contributed by atoms with Gasteiger partial charge in [0.1, 0.15) is 0 Å². The van der Waals surface area contributed by atoms with Gasteiger partial charge in [-0.2, -0.15) is 0 Å². The van der Waals surface area contributed by atoms with E-state index in [9.17, 15) is 9.59 Å². The van der Waals surface area contributed by atoms with Crippen molar-refractivity contribution in [3.8, 4) is 0 Å². The third kappa shape index (κ3) is 4.06. The van der Waals surface area contributed by atoms with Gasteiger partial charge in [0.15, 0.2) is 0 Å². The molecule has 1 heterocycles. The van der Waals surface area contributed by atoms with Crippen molar-refractivity contribution >= 4 is 17.5 Å². The summed E-state index contributed by atoms with van der Waals surface area (Å²) in [6.45, 7) is 3.18.